The molecule has 86 valence electrons. The van der Waals surface area contributed by atoms with Gasteiger partial charge in [0.2, 0.25) is 11.7 Å². The summed E-state index contributed by atoms with van der Waals surface area (Å²) in [6.07, 6.45) is 3.51. The van der Waals surface area contributed by atoms with E-state index in [0.29, 0.717) is 18.1 Å². The van der Waals surface area contributed by atoms with Crippen LogP contribution < -0.4 is 0 Å². The molecule has 0 aliphatic heterocycles. The summed E-state index contributed by atoms with van der Waals surface area (Å²) in [6, 6.07) is 3.74. The van der Waals surface area contributed by atoms with Crippen molar-refractivity contribution in [2.24, 2.45) is 0 Å². The summed E-state index contributed by atoms with van der Waals surface area (Å²) in [5.74, 6) is 1.01. The number of hydrogen-bond acceptors (Lipinski definition) is 4. The highest BCUT2D eigenvalue weighted by Crippen LogP contribution is 2.14. The normalized spacial score (nSPS) is 12.9. The highest BCUT2D eigenvalue weighted by atomic mass is 16.5. The average Bonchev–Trinajstić information content (AvgIpc) is 2.86. The fraction of sp³-hybridized carbons (Fsp3) is 0.455. The van der Waals surface area contributed by atoms with Crippen molar-refractivity contribution >= 4 is 0 Å². The van der Waals surface area contributed by atoms with Crippen LogP contribution in [0.3, 0.4) is 0 Å². The van der Waals surface area contributed by atoms with Gasteiger partial charge in [0, 0.05) is 6.20 Å². The molecule has 0 aromatic carbocycles. The third-order valence-electron chi connectivity index (χ3n) is 2.34. The molecule has 16 heavy (non-hydrogen) atoms. The average molecular weight is 221 g/mol. The molecule has 2 rings (SSSR count). The predicted molar refractivity (Wildman–Crippen MR) is 58.7 cm³/mol. The molecule has 0 saturated heterocycles. The fourth-order valence-electron chi connectivity index (χ4n) is 1.55. The third-order valence-corrected chi connectivity index (χ3v) is 2.34. The van der Waals surface area contributed by atoms with Crippen molar-refractivity contribution in [3.63, 3.8) is 0 Å². The molecular formula is C11H15N3O2. The summed E-state index contributed by atoms with van der Waals surface area (Å²) in [5, 5.41) is 13.5. The Morgan fingerprint density at radius 2 is 2.44 bits per heavy atom. The van der Waals surface area contributed by atoms with E-state index in [0.717, 1.165) is 18.5 Å². The second-order valence-corrected chi connectivity index (χ2v) is 3.74. The van der Waals surface area contributed by atoms with Crippen LogP contribution in [0.15, 0.2) is 22.9 Å². The van der Waals surface area contributed by atoms with Gasteiger partial charge in [-0.25, -0.2) is 0 Å². The minimum atomic E-state index is -0.401. The third kappa shape index (κ3) is 2.49. The maximum atomic E-state index is 9.61. The zero-order valence-electron chi connectivity index (χ0n) is 9.18. The second-order valence-electron chi connectivity index (χ2n) is 3.74. The molecule has 1 unspecified atom stereocenters. The number of nitrogens with one attached hydrogen (secondary N) is 1. The quantitative estimate of drug-likeness (QED) is 0.806. The molecule has 0 amide bonds. The maximum absolute atomic E-state index is 9.61. The van der Waals surface area contributed by atoms with Gasteiger partial charge in [-0.2, -0.15) is 4.98 Å². The van der Waals surface area contributed by atoms with Gasteiger partial charge < -0.3 is 14.6 Å². The van der Waals surface area contributed by atoms with Crippen molar-refractivity contribution in [2.75, 3.05) is 0 Å². The maximum Gasteiger partial charge on any atom is 0.229 e. The second kappa shape index (κ2) is 4.94. The number of hydrogen-bond donors (Lipinski definition) is 2. The lowest BCUT2D eigenvalue weighted by Gasteiger charge is -2.03. The Morgan fingerprint density at radius 1 is 1.56 bits per heavy atom. The van der Waals surface area contributed by atoms with Crippen molar-refractivity contribution in [3.8, 4) is 11.5 Å². The molecule has 2 N–H and O–H groups in total. The first-order valence-electron chi connectivity index (χ1n) is 5.44. The van der Waals surface area contributed by atoms with Crippen LogP contribution in [0.1, 0.15) is 25.7 Å². The van der Waals surface area contributed by atoms with Gasteiger partial charge in [-0.15, -0.1) is 0 Å². The number of H-pyrrole nitrogens is 1. The minimum Gasteiger partial charge on any atom is -0.393 e. The van der Waals surface area contributed by atoms with Crippen LogP contribution in [-0.4, -0.2) is 26.3 Å². The Hall–Kier alpha value is -1.62. The van der Waals surface area contributed by atoms with Crippen molar-refractivity contribution in [2.45, 2.75) is 32.3 Å². The highest BCUT2D eigenvalue weighted by Gasteiger charge is 2.12. The minimum absolute atomic E-state index is 0.401. The smallest absolute Gasteiger partial charge is 0.229 e. The first kappa shape index (κ1) is 10.9. The van der Waals surface area contributed by atoms with Gasteiger partial charge >= 0.3 is 0 Å². The molecule has 5 heteroatoms. The number of aromatic nitrogens is 3. The van der Waals surface area contributed by atoms with Crippen LogP contribution >= 0.6 is 0 Å². The van der Waals surface area contributed by atoms with Crippen LogP contribution in [-0.2, 0) is 6.42 Å². The van der Waals surface area contributed by atoms with Crippen LogP contribution in [0.5, 0.6) is 0 Å². The van der Waals surface area contributed by atoms with E-state index in [-0.39, 0.29) is 0 Å². The molecule has 1 atom stereocenters. The first-order valence-corrected chi connectivity index (χ1v) is 5.44. The predicted octanol–water partition coefficient (Wildman–Crippen LogP) is 1.77. The Balaban J connectivity index is 2.03. The van der Waals surface area contributed by atoms with E-state index in [9.17, 15) is 5.11 Å². The molecule has 0 bridgehead atoms. The Morgan fingerprint density at radius 3 is 3.12 bits per heavy atom. The number of rotatable bonds is 5. The van der Waals surface area contributed by atoms with Crippen molar-refractivity contribution in [3.05, 3.63) is 24.2 Å². The monoisotopic (exact) mass is 221 g/mol. The molecule has 0 saturated carbocycles. The van der Waals surface area contributed by atoms with Gasteiger partial charge in [0.1, 0.15) is 0 Å². The van der Waals surface area contributed by atoms with E-state index >= 15 is 0 Å². The highest BCUT2D eigenvalue weighted by molar-refractivity contribution is 5.47. The summed E-state index contributed by atoms with van der Waals surface area (Å²) in [4.78, 5) is 7.20. The SMILES string of the molecule is CCCC(O)Cc1nc(-c2ccc[nH]2)no1. The number of aromatic amines is 1. The molecule has 0 aliphatic rings. The molecule has 2 heterocycles. The number of aliphatic hydroxyl groups excluding tert-OH is 1. The largest absolute Gasteiger partial charge is 0.393 e. The van der Waals surface area contributed by atoms with Gasteiger partial charge in [0.05, 0.1) is 18.2 Å². The lowest BCUT2D eigenvalue weighted by Crippen LogP contribution is -2.09. The van der Waals surface area contributed by atoms with Gasteiger partial charge in [-0.1, -0.05) is 18.5 Å². The van der Waals surface area contributed by atoms with Crippen LogP contribution in [0, 0.1) is 0 Å². The van der Waals surface area contributed by atoms with Crippen molar-refractivity contribution in [1.29, 1.82) is 0 Å². The topological polar surface area (TPSA) is 74.9 Å². The Kier molecular flexibility index (Phi) is 3.36. The standard InChI is InChI=1S/C11H15N3O2/c1-2-4-8(15)7-10-13-11(14-16-10)9-5-3-6-12-9/h3,5-6,8,12,15H,2,4,7H2,1H3. The lowest BCUT2D eigenvalue weighted by atomic mass is 10.1. The lowest BCUT2D eigenvalue weighted by molar-refractivity contribution is 0.152. The van der Waals surface area contributed by atoms with Crippen LogP contribution in [0.25, 0.3) is 11.5 Å². The van der Waals surface area contributed by atoms with Gasteiger partial charge in [0.25, 0.3) is 0 Å². The van der Waals surface area contributed by atoms with Gasteiger partial charge in [0.15, 0.2) is 0 Å². The first-order chi connectivity index (χ1) is 7.79. The molecule has 0 fully saturated rings. The van der Waals surface area contributed by atoms with E-state index in [1.165, 1.54) is 0 Å². The van der Waals surface area contributed by atoms with Gasteiger partial charge in [-0.05, 0) is 18.6 Å². The van der Waals surface area contributed by atoms with Crippen molar-refractivity contribution < 1.29 is 9.63 Å². The zero-order valence-corrected chi connectivity index (χ0v) is 9.18. The molecule has 2 aromatic heterocycles. The van der Waals surface area contributed by atoms with Gasteiger partial charge in [-0.3, -0.25) is 0 Å². The van der Waals surface area contributed by atoms with Crippen molar-refractivity contribution in [1.82, 2.24) is 15.1 Å². The molecule has 2 aromatic rings. The Bertz CT molecular complexity index is 422. The summed E-state index contributed by atoms with van der Waals surface area (Å²) < 4.78 is 5.06. The molecule has 0 aliphatic carbocycles. The van der Waals surface area contributed by atoms with E-state index in [2.05, 4.69) is 15.1 Å². The summed E-state index contributed by atoms with van der Waals surface area (Å²) in [7, 11) is 0. The summed E-state index contributed by atoms with van der Waals surface area (Å²) in [5.41, 5.74) is 0.819. The van der Waals surface area contributed by atoms with E-state index in [1.807, 2.05) is 19.1 Å². The van der Waals surface area contributed by atoms with E-state index < -0.39 is 6.10 Å². The summed E-state index contributed by atoms with van der Waals surface area (Å²) >= 11 is 0. The molecule has 0 spiro atoms. The number of nitrogens with zero attached hydrogens (tertiary/aromatic N) is 2. The van der Waals surface area contributed by atoms with Crippen LogP contribution in [0.2, 0.25) is 0 Å². The Labute approximate surface area is 93.5 Å². The number of aliphatic hydroxyl groups is 1. The molecule has 0 radical (unpaired) electrons. The summed E-state index contributed by atoms with van der Waals surface area (Å²) in [6.45, 7) is 2.03. The van der Waals surface area contributed by atoms with Crippen LogP contribution in [0.4, 0.5) is 0 Å². The molecular weight excluding hydrogens is 206 g/mol. The zero-order chi connectivity index (χ0) is 11.4. The molecule has 5 nitrogen and oxygen atoms in total. The van der Waals surface area contributed by atoms with E-state index in [4.69, 9.17) is 4.52 Å². The fourth-order valence-corrected chi connectivity index (χ4v) is 1.55. The van der Waals surface area contributed by atoms with E-state index in [1.54, 1.807) is 6.20 Å².